The summed E-state index contributed by atoms with van der Waals surface area (Å²) in [6.07, 6.45) is 64.8. The second-order valence-electron chi connectivity index (χ2n) is 20.8. The average Bonchev–Trinajstić information content (AvgIpc) is 3.33. The van der Waals surface area contributed by atoms with Gasteiger partial charge in [-0.15, -0.1) is 0 Å². The second kappa shape index (κ2) is 51.0. The van der Waals surface area contributed by atoms with Gasteiger partial charge in [-0.2, -0.15) is 0 Å². The Morgan fingerprint density at radius 1 is 0.507 bits per heavy atom. The fourth-order valence-corrected chi connectivity index (χ4v) is 8.89. The van der Waals surface area contributed by atoms with Gasteiger partial charge in [0.05, 0.1) is 33.8 Å². The number of carbonyl (C=O) groups is 2. The predicted molar refractivity (Wildman–Crippen MR) is 305 cm³/mol. The molecule has 0 radical (unpaired) electrons. The molecule has 0 aromatic carbocycles. The van der Waals surface area contributed by atoms with Crippen molar-refractivity contribution in [3.63, 3.8) is 0 Å². The first kappa shape index (κ1) is 68.5. The minimum absolute atomic E-state index is 0.0303. The molecule has 0 spiro atoms. The molecule has 0 aliphatic heterocycles. The van der Waals surface area contributed by atoms with Gasteiger partial charge >= 0.3 is 13.8 Å². The van der Waals surface area contributed by atoms with Crippen molar-refractivity contribution in [2.45, 2.75) is 264 Å². The molecular formula is C61H112N2O7P+. The third-order valence-electron chi connectivity index (χ3n) is 12.7. The summed E-state index contributed by atoms with van der Waals surface area (Å²) in [5, 5.41) is 3.04. The Balaban J connectivity index is 5.37. The Morgan fingerprint density at radius 3 is 1.37 bits per heavy atom. The lowest BCUT2D eigenvalue weighted by Gasteiger charge is -2.27. The quantitative estimate of drug-likeness (QED) is 0.0205. The number of hydrogen-bond acceptors (Lipinski definition) is 6. The number of phosphoric ester groups is 1. The van der Waals surface area contributed by atoms with Gasteiger partial charge in [-0.05, 0) is 70.3 Å². The van der Waals surface area contributed by atoms with E-state index in [0.29, 0.717) is 23.9 Å². The Bertz CT molecular complexity index is 1450. The van der Waals surface area contributed by atoms with E-state index in [1.165, 1.54) is 135 Å². The lowest BCUT2D eigenvalue weighted by atomic mass is 10.0. The van der Waals surface area contributed by atoms with Crippen LogP contribution in [0.3, 0.4) is 0 Å². The van der Waals surface area contributed by atoms with Crippen LogP contribution >= 0.6 is 7.82 Å². The first-order valence-electron chi connectivity index (χ1n) is 29.3. The molecule has 9 nitrogen and oxygen atoms in total. The third kappa shape index (κ3) is 52.1. The lowest BCUT2D eigenvalue weighted by Crippen LogP contribution is -2.47. The fraction of sp³-hybridized carbons (Fsp3) is 0.770. The summed E-state index contributed by atoms with van der Waals surface area (Å²) >= 11 is 0. The molecule has 0 fully saturated rings. The second-order valence-corrected chi connectivity index (χ2v) is 22.2. The van der Waals surface area contributed by atoms with Gasteiger partial charge < -0.3 is 19.4 Å². The van der Waals surface area contributed by atoms with E-state index in [1.807, 2.05) is 33.3 Å². The summed E-state index contributed by atoms with van der Waals surface area (Å²) in [6, 6.07) is -0.870. The van der Waals surface area contributed by atoms with Gasteiger partial charge in [0, 0.05) is 12.8 Å². The number of hydrogen-bond donors (Lipinski definition) is 2. The highest BCUT2D eigenvalue weighted by Gasteiger charge is 2.30. The van der Waals surface area contributed by atoms with E-state index in [1.54, 1.807) is 0 Å². The van der Waals surface area contributed by atoms with Crippen molar-refractivity contribution in [1.82, 2.24) is 5.32 Å². The van der Waals surface area contributed by atoms with Gasteiger partial charge in [0.25, 0.3) is 0 Å². The molecule has 0 aliphatic rings. The maximum Gasteiger partial charge on any atom is 0.472 e. The monoisotopic (exact) mass is 1020 g/mol. The molecule has 10 heteroatoms. The highest BCUT2D eigenvalue weighted by atomic mass is 31.2. The SMILES string of the molecule is CC/C=C\C/C=C\C/C=C\C/C=C\C/C=C\CCCC(=O)OC(/C=C/CCCCCCCCCCC)C(COP(=O)(O)OCC[N+](C)(C)C)NC(=O)CCCCCCCCCCCCCCCCCCC. The number of carbonyl (C=O) groups excluding carboxylic acids is 2. The van der Waals surface area contributed by atoms with Crippen molar-refractivity contribution in [2.24, 2.45) is 0 Å². The van der Waals surface area contributed by atoms with Gasteiger partial charge in [-0.3, -0.25) is 18.6 Å². The number of rotatable bonds is 52. The molecule has 3 unspecified atom stereocenters. The van der Waals surface area contributed by atoms with Crippen molar-refractivity contribution in [1.29, 1.82) is 0 Å². The van der Waals surface area contributed by atoms with Crippen LogP contribution in [0.25, 0.3) is 0 Å². The fourth-order valence-electron chi connectivity index (χ4n) is 8.15. The van der Waals surface area contributed by atoms with Gasteiger partial charge in [0.15, 0.2) is 0 Å². The van der Waals surface area contributed by atoms with Crippen molar-refractivity contribution >= 4 is 19.7 Å². The number of unbranched alkanes of at least 4 members (excludes halogenated alkanes) is 26. The number of phosphoric acid groups is 1. The lowest BCUT2D eigenvalue weighted by molar-refractivity contribution is -0.870. The molecule has 2 N–H and O–H groups in total. The van der Waals surface area contributed by atoms with Crippen molar-refractivity contribution in [2.75, 3.05) is 40.9 Å². The molecule has 0 saturated carbocycles. The zero-order valence-corrected chi connectivity index (χ0v) is 47.8. The largest absolute Gasteiger partial charge is 0.472 e. The van der Waals surface area contributed by atoms with E-state index >= 15 is 0 Å². The van der Waals surface area contributed by atoms with Gasteiger partial charge in [0.1, 0.15) is 19.3 Å². The van der Waals surface area contributed by atoms with Gasteiger partial charge in [-0.25, -0.2) is 4.57 Å². The molecule has 0 saturated heterocycles. The minimum atomic E-state index is -4.46. The highest BCUT2D eigenvalue weighted by molar-refractivity contribution is 7.47. The average molecular weight is 1020 g/mol. The topological polar surface area (TPSA) is 111 Å². The molecule has 1 amide bonds. The van der Waals surface area contributed by atoms with Crippen LogP contribution in [0.5, 0.6) is 0 Å². The van der Waals surface area contributed by atoms with E-state index in [4.69, 9.17) is 13.8 Å². The number of esters is 1. The number of allylic oxidation sites excluding steroid dienone is 11. The standard InChI is InChI=1S/C61H111N2O7P/c1-7-10-13-16-19-22-25-27-29-31-33-35-38-41-44-47-50-53-60(64)62-58(57-69-71(66,67)68-56-55-63(4,5)6)59(52-49-46-43-40-37-24-21-18-15-12-9-3)70-61(65)54-51-48-45-42-39-36-34-32-30-28-26-23-20-17-14-11-8-2/h11,14,20,23,28,30,34,36,42,45,49,52,58-59H,7-10,12-13,15-19,21-22,24-27,29,31-33,35,37-41,43-44,46-48,50-51,53-57H2,1-6H3,(H-,62,64,66,67)/p+1/b14-11-,23-20-,30-28-,36-34-,45-42-,52-49+. The van der Waals surface area contributed by atoms with Gasteiger partial charge in [0.2, 0.25) is 5.91 Å². The minimum Gasteiger partial charge on any atom is -0.456 e. The molecule has 0 aromatic rings. The Hall–Kier alpha value is -2.55. The van der Waals surface area contributed by atoms with Crippen LogP contribution in [0.15, 0.2) is 72.9 Å². The first-order valence-corrected chi connectivity index (χ1v) is 30.8. The zero-order valence-electron chi connectivity index (χ0n) is 47.0. The summed E-state index contributed by atoms with van der Waals surface area (Å²) in [4.78, 5) is 37.6. The summed E-state index contributed by atoms with van der Waals surface area (Å²) in [5.41, 5.74) is 0. The van der Waals surface area contributed by atoms with Crippen LogP contribution < -0.4 is 5.32 Å². The summed E-state index contributed by atoms with van der Waals surface area (Å²) < 4.78 is 30.6. The summed E-state index contributed by atoms with van der Waals surface area (Å²) in [6.45, 7) is 6.86. The van der Waals surface area contributed by atoms with E-state index in [2.05, 4.69) is 86.8 Å². The Labute approximate surface area is 438 Å². The zero-order chi connectivity index (χ0) is 52.2. The Kier molecular flexibility index (Phi) is 49.1. The molecule has 71 heavy (non-hydrogen) atoms. The van der Waals surface area contributed by atoms with Crippen LogP contribution in [0.1, 0.15) is 252 Å². The third-order valence-corrected chi connectivity index (χ3v) is 13.6. The molecule has 0 aliphatic carbocycles. The molecule has 0 heterocycles. The van der Waals surface area contributed by atoms with E-state index in [0.717, 1.165) is 77.0 Å². The van der Waals surface area contributed by atoms with Crippen LogP contribution in [-0.2, 0) is 27.9 Å². The van der Waals surface area contributed by atoms with Crippen LogP contribution in [-0.4, -0.2) is 74.3 Å². The number of nitrogens with zero attached hydrogens (tertiary/aromatic N) is 1. The van der Waals surface area contributed by atoms with E-state index < -0.39 is 20.0 Å². The molecule has 0 rings (SSSR count). The highest BCUT2D eigenvalue weighted by Crippen LogP contribution is 2.43. The summed E-state index contributed by atoms with van der Waals surface area (Å²) in [5.74, 6) is -0.570. The molecular weight excluding hydrogens is 904 g/mol. The van der Waals surface area contributed by atoms with Crippen molar-refractivity contribution < 1.29 is 37.3 Å². The maximum absolute atomic E-state index is 13.5. The molecule has 0 bridgehead atoms. The number of likely N-dealkylation sites (N-methyl/N-ethyl adjacent to an activating group) is 1. The van der Waals surface area contributed by atoms with Crippen molar-refractivity contribution in [3.8, 4) is 0 Å². The van der Waals surface area contributed by atoms with Crippen LogP contribution in [0.4, 0.5) is 0 Å². The molecule has 3 atom stereocenters. The normalized spacial score (nSPS) is 14.3. The summed E-state index contributed by atoms with van der Waals surface area (Å²) in [7, 11) is 1.46. The molecule has 412 valence electrons. The maximum atomic E-state index is 13.5. The van der Waals surface area contributed by atoms with Gasteiger partial charge in [-0.1, -0.05) is 242 Å². The smallest absolute Gasteiger partial charge is 0.456 e. The first-order chi connectivity index (χ1) is 34.4. The van der Waals surface area contributed by atoms with Crippen molar-refractivity contribution in [3.05, 3.63) is 72.9 Å². The number of amides is 1. The number of ether oxygens (including phenoxy) is 1. The van der Waals surface area contributed by atoms with Crippen LogP contribution in [0, 0.1) is 0 Å². The predicted octanol–water partition coefficient (Wildman–Crippen LogP) is 17.7. The Morgan fingerprint density at radius 2 is 0.915 bits per heavy atom. The molecule has 0 aromatic heterocycles. The van der Waals surface area contributed by atoms with E-state index in [9.17, 15) is 19.0 Å². The number of nitrogens with one attached hydrogen (secondary N) is 1. The number of quaternary nitrogens is 1. The van der Waals surface area contributed by atoms with Crippen LogP contribution in [0.2, 0.25) is 0 Å². The van der Waals surface area contributed by atoms with E-state index in [-0.39, 0.29) is 31.5 Å².